The second-order valence-electron chi connectivity index (χ2n) is 4.85. The average molecular weight is 250 g/mol. The van der Waals surface area contributed by atoms with Crippen LogP contribution in [0.25, 0.3) is 0 Å². The number of benzene rings is 1. The summed E-state index contributed by atoms with van der Waals surface area (Å²) in [7, 11) is 1.98. The number of aryl methyl sites for hydroxylation is 1. The molecular weight excluding hydrogens is 232 g/mol. The van der Waals surface area contributed by atoms with E-state index in [9.17, 15) is 15.0 Å². The van der Waals surface area contributed by atoms with Crippen LogP contribution < -0.4 is 5.73 Å². The maximum absolute atomic E-state index is 11.2. The summed E-state index contributed by atoms with van der Waals surface area (Å²) in [5, 5.41) is 20.0. The monoisotopic (exact) mass is 250 g/mol. The molecule has 1 aliphatic heterocycles. The van der Waals surface area contributed by atoms with Crippen LogP contribution in [0.5, 0.6) is 11.5 Å². The van der Waals surface area contributed by atoms with Gasteiger partial charge >= 0.3 is 0 Å². The minimum absolute atomic E-state index is 0.0330. The SMILES string of the molecule is Cc1cc(C(N)=O)c(O)c(O)c1C1CCCN1C. The fraction of sp³-hybridized carbons (Fsp3) is 0.462. The van der Waals surface area contributed by atoms with Crippen LogP contribution in [0.1, 0.15) is 40.4 Å². The number of rotatable bonds is 2. The molecule has 18 heavy (non-hydrogen) atoms. The molecule has 1 atom stereocenters. The van der Waals surface area contributed by atoms with Crippen molar-refractivity contribution in [1.29, 1.82) is 0 Å². The Balaban J connectivity index is 2.55. The molecule has 5 heteroatoms. The highest BCUT2D eigenvalue weighted by molar-refractivity contribution is 5.97. The maximum atomic E-state index is 11.2. The Morgan fingerprint density at radius 3 is 2.61 bits per heavy atom. The van der Waals surface area contributed by atoms with Crippen LogP contribution in [0, 0.1) is 6.92 Å². The molecule has 0 radical (unpaired) electrons. The first-order valence-corrected chi connectivity index (χ1v) is 5.99. The lowest BCUT2D eigenvalue weighted by Crippen LogP contribution is -2.19. The summed E-state index contributed by atoms with van der Waals surface area (Å²) in [4.78, 5) is 13.3. The third-order valence-electron chi connectivity index (χ3n) is 3.64. The van der Waals surface area contributed by atoms with Gasteiger partial charge in [0.05, 0.1) is 5.56 Å². The molecule has 4 N–H and O–H groups in total. The normalized spacial score (nSPS) is 20.2. The first-order valence-electron chi connectivity index (χ1n) is 5.99. The van der Waals surface area contributed by atoms with Crippen molar-refractivity contribution in [3.05, 3.63) is 22.8 Å². The first-order chi connectivity index (χ1) is 8.43. The molecule has 0 aliphatic carbocycles. The Labute approximate surface area is 106 Å². The van der Waals surface area contributed by atoms with Gasteiger partial charge in [0.15, 0.2) is 11.5 Å². The lowest BCUT2D eigenvalue weighted by molar-refractivity contribution is 0.0997. The summed E-state index contributed by atoms with van der Waals surface area (Å²) >= 11 is 0. The van der Waals surface area contributed by atoms with Gasteiger partial charge in [-0.3, -0.25) is 9.69 Å². The van der Waals surface area contributed by atoms with E-state index in [0.29, 0.717) is 5.56 Å². The third kappa shape index (κ3) is 1.90. The standard InChI is InChI=1S/C13H18N2O3/c1-7-6-8(13(14)18)11(16)12(17)10(7)9-4-3-5-15(9)2/h6,9,16-17H,3-5H2,1-2H3,(H2,14,18). The molecular formula is C13H18N2O3. The molecule has 2 rings (SSSR count). The smallest absolute Gasteiger partial charge is 0.252 e. The zero-order valence-electron chi connectivity index (χ0n) is 10.6. The number of nitrogens with two attached hydrogens (primary N) is 1. The molecule has 1 aromatic carbocycles. The van der Waals surface area contributed by atoms with E-state index in [1.54, 1.807) is 6.07 Å². The van der Waals surface area contributed by atoms with Gasteiger partial charge in [0, 0.05) is 11.6 Å². The molecule has 1 fully saturated rings. The van der Waals surface area contributed by atoms with Gasteiger partial charge in [-0.05, 0) is 45.0 Å². The van der Waals surface area contributed by atoms with E-state index < -0.39 is 11.7 Å². The topological polar surface area (TPSA) is 86.8 Å². The Morgan fingerprint density at radius 2 is 2.11 bits per heavy atom. The fourth-order valence-corrected chi connectivity index (χ4v) is 2.69. The van der Waals surface area contributed by atoms with Crippen molar-refractivity contribution in [3.8, 4) is 11.5 Å². The van der Waals surface area contributed by atoms with Gasteiger partial charge in [-0.1, -0.05) is 0 Å². The Morgan fingerprint density at radius 1 is 1.44 bits per heavy atom. The number of likely N-dealkylation sites (tertiary alicyclic amines) is 1. The largest absolute Gasteiger partial charge is 0.504 e. The zero-order valence-corrected chi connectivity index (χ0v) is 10.6. The molecule has 98 valence electrons. The van der Waals surface area contributed by atoms with Crippen molar-refractivity contribution in [1.82, 2.24) is 4.90 Å². The number of phenols is 2. The minimum Gasteiger partial charge on any atom is -0.504 e. The van der Waals surface area contributed by atoms with E-state index >= 15 is 0 Å². The van der Waals surface area contributed by atoms with Gasteiger partial charge in [-0.25, -0.2) is 0 Å². The molecule has 1 heterocycles. The van der Waals surface area contributed by atoms with Crippen LogP contribution >= 0.6 is 0 Å². The molecule has 0 bridgehead atoms. The van der Waals surface area contributed by atoms with Crippen molar-refractivity contribution in [2.75, 3.05) is 13.6 Å². The predicted octanol–water partition coefficient (Wildman–Crippen LogP) is 1.27. The molecule has 1 aliphatic rings. The highest BCUT2D eigenvalue weighted by Crippen LogP contribution is 2.43. The van der Waals surface area contributed by atoms with E-state index in [0.717, 1.165) is 24.9 Å². The number of nitrogens with zero attached hydrogens (tertiary/aromatic N) is 1. The molecule has 0 saturated carbocycles. The van der Waals surface area contributed by atoms with Crippen molar-refractivity contribution in [3.63, 3.8) is 0 Å². The Hall–Kier alpha value is -1.75. The number of primary amides is 1. The summed E-state index contributed by atoms with van der Waals surface area (Å²) in [6.45, 7) is 2.77. The summed E-state index contributed by atoms with van der Waals surface area (Å²) < 4.78 is 0. The second-order valence-corrected chi connectivity index (χ2v) is 4.85. The summed E-state index contributed by atoms with van der Waals surface area (Å²) in [5.74, 6) is -1.37. The average Bonchev–Trinajstić information content (AvgIpc) is 2.70. The van der Waals surface area contributed by atoms with Crippen molar-refractivity contribution >= 4 is 5.91 Å². The molecule has 1 saturated heterocycles. The molecule has 1 aromatic rings. The van der Waals surface area contributed by atoms with Gasteiger partial charge in [-0.15, -0.1) is 0 Å². The zero-order chi connectivity index (χ0) is 13.4. The quantitative estimate of drug-likeness (QED) is 0.690. The van der Waals surface area contributed by atoms with Crippen LogP contribution in [0.2, 0.25) is 0 Å². The maximum Gasteiger partial charge on any atom is 0.252 e. The molecule has 5 nitrogen and oxygen atoms in total. The van der Waals surface area contributed by atoms with Crippen LogP contribution in [0.15, 0.2) is 6.07 Å². The van der Waals surface area contributed by atoms with Crippen LogP contribution in [-0.2, 0) is 0 Å². The number of aromatic hydroxyl groups is 2. The minimum atomic E-state index is -0.739. The van der Waals surface area contributed by atoms with Gasteiger partial charge in [0.25, 0.3) is 5.91 Å². The van der Waals surface area contributed by atoms with Crippen LogP contribution in [0.3, 0.4) is 0 Å². The van der Waals surface area contributed by atoms with Gasteiger partial charge in [0.2, 0.25) is 0 Å². The van der Waals surface area contributed by atoms with Gasteiger partial charge in [-0.2, -0.15) is 0 Å². The van der Waals surface area contributed by atoms with E-state index in [4.69, 9.17) is 5.73 Å². The van der Waals surface area contributed by atoms with E-state index in [1.165, 1.54) is 0 Å². The van der Waals surface area contributed by atoms with E-state index in [2.05, 4.69) is 4.90 Å². The number of phenolic OH excluding ortho intramolecular Hbond substituents is 1. The number of carbonyl (C=O) groups is 1. The number of hydrogen-bond acceptors (Lipinski definition) is 4. The highest BCUT2D eigenvalue weighted by atomic mass is 16.3. The van der Waals surface area contributed by atoms with Crippen molar-refractivity contribution < 1.29 is 15.0 Å². The summed E-state index contributed by atoms with van der Waals surface area (Å²) in [6, 6.07) is 1.62. The Bertz CT molecular complexity index is 499. The van der Waals surface area contributed by atoms with Gasteiger partial charge < -0.3 is 15.9 Å². The van der Waals surface area contributed by atoms with E-state index in [-0.39, 0.29) is 17.4 Å². The number of hydrogen-bond donors (Lipinski definition) is 3. The second kappa shape index (κ2) is 4.49. The Kier molecular flexibility index (Phi) is 3.17. The first kappa shape index (κ1) is 12.7. The van der Waals surface area contributed by atoms with Crippen molar-refractivity contribution in [2.24, 2.45) is 5.73 Å². The van der Waals surface area contributed by atoms with Crippen molar-refractivity contribution in [2.45, 2.75) is 25.8 Å². The number of carbonyl (C=O) groups excluding carboxylic acids is 1. The summed E-state index contributed by atoms with van der Waals surface area (Å²) in [5.41, 5.74) is 6.60. The molecule has 0 aromatic heterocycles. The molecule has 0 spiro atoms. The predicted molar refractivity (Wildman–Crippen MR) is 67.6 cm³/mol. The molecule has 1 amide bonds. The van der Waals surface area contributed by atoms with Gasteiger partial charge in [0.1, 0.15) is 0 Å². The number of amides is 1. The highest BCUT2D eigenvalue weighted by Gasteiger charge is 2.29. The van der Waals surface area contributed by atoms with Crippen LogP contribution in [-0.4, -0.2) is 34.6 Å². The van der Waals surface area contributed by atoms with Crippen LogP contribution in [0.4, 0.5) is 0 Å². The third-order valence-corrected chi connectivity index (χ3v) is 3.64. The van der Waals surface area contributed by atoms with E-state index in [1.807, 2.05) is 14.0 Å². The lowest BCUT2D eigenvalue weighted by Gasteiger charge is -2.23. The molecule has 1 unspecified atom stereocenters. The summed E-state index contributed by atoms with van der Waals surface area (Å²) in [6.07, 6.45) is 1.98. The lowest BCUT2D eigenvalue weighted by atomic mass is 9.95. The fourth-order valence-electron chi connectivity index (χ4n) is 2.69.